The summed E-state index contributed by atoms with van der Waals surface area (Å²) in [6.45, 7) is 4.15. The molecule has 0 aliphatic carbocycles. The van der Waals surface area contributed by atoms with Crippen LogP contribution in [0.2, 0.25) is 0 Å². The number of carbonyl (C=O) groups is 2. The first-order chi connectivity index (χ1) is 7.99. The van der Waals surface area contributed by atoms with Crippen LogP contribution in [0.25, 0.3) is 0 Å². The minimum Gasteiger partial charge on any atom is -0.298 e. The van der Waals surface area contributed by atoms with E-state index in [2.05, 4.69) is 10.4 Å². The fraction of sp³-hybridized carbons (Fsp3) is 0.545. The first-order valence-electron chi connectivity index (χ1n) is 5.56. The van der Waals surface area contributed by atoms with Crippen molar-refractivity contribution in [1.82, 2.24) is 20.0 Å². The van der Waals surface area contributed by atoms with Gasteiger partial charge < -0.3 is 0 Å². The summed E-state index contributed by atoms with van der Waals surface area (Å²) in [7, 11) is 1.81. The molecule has 0 aromatic carbocycles. The summed E-state index contributed by atoms with van der Waals surface area (Å²) in [5.41, 5.74) is 1.74. The van der Waals surface area contributed by atoms with E-state index in [0.717, 1.165) is 11.4 Å². The fourth-order valence-corrected chi connectivity index (χ4v) is 1.92. The second-order valence-corrected chi connectivity index (χ2v) is 4.32. The van der Waals surface area contributed by atoms with Crippen LogP contribution in [0.1, 0.15) is 18.3 Å². The van der Waals surface area contributed by atoms with Gasteiger partial charge in [0.1, 0.15) is 0 Å². The van der Waals surface area contributed by atoms with Crippen molar-refractivity contribution in [1.29, 1.82) is 0 Å². The molecule has 2 heterocycles. The molecule has 1 atom stereocenters. The van der Waals surface area contributed by atoms with Crippen molar-refractivity contribution < 1.29 is 9.59 Å². The second-order valence-electron chi connectivity index (χ2n) is 4.32. The summed E-state index contributed by atoms with van der Waals surface area (Å²) in [6.07, 6.45) is 0. The van der Waals surface area contributed by atoms with Gasteiger partial charge in [-0.15, -0.1) is 0 Å². The molecule has 1 unspecified atom stereocenters. The fourth-order valence-electron chi connectivity index (χ4n) is 1.92. The van der Waals surface area contributed by atoms with Gasteiger partial charge in [-0.3, -0.25) is 24.5 Å². The van der Waals surface area contributed by atoms with E-state index in [-0.39, 0.29) is 24.4 Å². The zero-order valence-electron chi connectivity index (χ0n) is 10.2. The topological polar surface area (TPSA) is 67.2 Å². The van der Waals surface area contributed by atoms with Crippen LogP contribution in [-0.4, -0.2) is 39.1 Å². The Kier molecular flexibility index (Phi) is 2.97. The molecular weight excluding hydrogens is 220 g/mol. The molecule has 0 radical (unpaired) electrons. The normalized spacial score (nSPS) is 21.1. The van der Waals surface area contributed by atoms with Crippen LogP contribution >= 0.6 is 0 Å². The maximum Gasteiger partial charge on any atom is 0.246 e. The lowest BCUT2D eigenvalue weighted by Crippen LogP contribution is -2.56. The van der Waals surface area contributed by atoms with E-state index in [9.17, 15) is 9.59 Å². The molecule has 2 rings (SSSR count). The number of rotatable bonds is 2. The van der Waals surface area contributed by atoms with Crippen LogP contribution in [0.15, 0.2) is 6.07 Å². The third kappa shape index (κ3) is 2.21. The van der Waals surface area contributed by atoms with Crippen LogP contribution in [0.5, 0.6) is 0 Å². The Morgan fingerprint density at radius 2 is 2.24 bits per heavy atom. The van der Waals surface area contributed by atoms with Gasteiger partial charge in [0.2, 0.25) is 11.8 Å². The number of aryl methyl sites for hydroxylation is 2. The number of nitrogens with one attached hydrogen (secondary N) is 1. The Bertz CT molecular complexity index is 466. The Morgan fingerprint density at radius 1 is 1.53 bits per heavy atom. The summed E-state index contributed by atoms with van der Waals surface area (Å²) in [6, 6.07) is 1.58. The molecule has 0 bridgehead atoms. The third-order valence-electron chi connectivity index (χ3n) is 2.92. The van der Waals surface area contributed by atoms with Crippen molar-refractivity contribution in [3.8, 4) is 0 Å². The molecule has 92 valence electrons. The minimum absolute atomic E-state index is 0.180. The van der Waals surface area contributed by atoms with Gasteiger partial charge in [-0.05, 0) is 19.9 Å². The summed E-state index contributed by atoms with van der Waals surface area (Å²) in [5, 5.41) is 7.05. The van der Waals surface area contributed by atoms with Gasteiger partial charge in [0, 0.05) is 7.05 Å². The summed E-state index contributed by atoms with van der Waals surface area (Å²) >= 11 is 0. The highest BCUT2D eigenvalue weighted by Crippen LogP contribution is 2.10. The van der Waals surface area contributed by atoms with E-state index in [1.807, 2.05) is 20.0 Å². The van der Waals surface area contributed by atoms with E-state index in [4.69, 9.17) is 0 Å². The van der Waals surface area contributed by atoms with E-state index >= 15 is 0 Å². The second kappa shape index (κ2) is 4.29. The molecule has 1 saturated heterocycles. The number of aromatic nitrogens is 2. The van der Waals surface area contributed by atoms with E-state index in [0.29, 0.717) is 6.54 Å². The van der Waals surface area contributed by atoms with Gasteiger partial charge in [-0.25, -0.2) is 0 Å². The molecule has 0 saturated carbocycles. The third-order valence-corrected chi connectivity index (χ3v) is 2.92. The average molecular weight is 236 g/mol. The van der Waals surface area contributed by atoms with E-state index in [1.165, 1.54) is 4.90 Å². The summed E-state index contributed by atoms with van der Waals surface area (Å²) < 4.78 is 1.70. The maximum absolute atomic E-state index is 11.9. The SMILES string of the molecule is Cc1cc(CN2C(=O)CNC(C)C2=O)n(C)n1. The predicted molar refractivity (Wildman–Crippen MR) is 61.0 cm³/mol. The number of carbonyl (C=O) groups excluding carboxylic acids is 2. The summed E-state index contributed by atoms with van der Waals surface area (Å²) in [5.74, 6) is -0.368. The van der Waals surface area contributed by atoms with Crippen LogP contribution in [0.4, 0.5) is 0 Å². The molecule has 6 nitrogen and oxygen atoms in total. The number of piperazine rings is 1. The highest BCUT2D eigenvalue weighted by atomic mass is 16.2. The zero-order chi connectivity index (χ0) is 12.6. The monoisotopic (exact) mass is 236 g/mol. The van der Waals surface area contributed by atoms with Crippen LogP contribution in [0.3, 0.4) is 0 Å². The summed E-state index contributed by atoms with van der Waals surface area (Å²) in [4.78, 5) is 24.8. The molecule has 1 aliphatic rings. The Balaban J connectivity index is 2.19. The van der Waals surface area contributed by atoms with Gasteiger partial charge in [-0.2, -0.15) is 5.10 Å². The van der Waals surface area contributed by atoms with Crippen molar-refractivity contribution in [2.45, 2.75) is 26.4 Å². The predicted octanol–water partition coefficient (Wildman–Crippen LogP) is -0.425. The number of hydrogen-bond donors (Lipinski definition) is 1. The van der Waals surface area contributed by atoms with Crippen LogP contribution in [0, 0.1) is 6.92 Å². The molecular formula is C11H16N4O2. The number of imide groups is 1. The molecule has 1 fully saturated rings. The van der Waals surface area contributed by atoms with Gasteiger partial charge >= 0.3 is 0 Å². The Morgan fingerprint density at radius 3 is 2.82 bits per heavy atom. The lowest BCUT2D eigenvalue weighted by atomic mass is 10.2. The van der Waals surface area contributed by atoms with Gasteiger partial charge in [0.05, 0.1) is 30.5 Å². The highest BCUT2D eigenvalue weighted by molar-refractivity contribution is 6.00. The molecule has 0 spiro atoms. The van der Waals surface area contributed by atoms with Crippen molar-refractivity contribution in [3.63, 3.8) is 0 Å². The highest BCUT2D eigenvalue weighted by Gasteiger charge is 2.31. The van der Waals surface area contributed by atoms with E-state index in [1.54, 1.807) is 11.6 Å². The lowest BCUT2D eigenvalue weighted by Gasteiger charge is -2.29. The number of nitrogens with zero attached hydrogens (tertiary/aromatic N) is 3. The lowest BCUT2D eigenvalue weighted by molar-refractivity contribution is -0.149. The molecule has 1 aromatic heterocycles. The first kappa shape index (κ1) is 11.8. The van der Waals surface area contributed by atoms with E-state index < -0.39 is 0 Å². The molecule has 1 N–H and O–H groups in total. The average Bonchev–Trinajstić information content (AvgIpc) is 2.58. The minimum atomic E-state index is -0.304. The molecule has 17 heavy (non-hydrogen) atoms. The first-order valence-corrected chi connectivity index (χ1v) is 5.56. The molecule has 1 aliphatic heterocycles. The van der Waals surface area contributed by atoms with Crippen LogP contribution in [-0.2, 0) is 23.2 Å². The van der Waals surface area contributed by atoms with Crippen molar-refractivity contribution in [3.05, 3.63) is 17.5 Å². The maximum atomic E-state index is 11.9. The smallest absolute Gasteiger partial charge is 0.246 e. The number of hydrogen-bond acceptors (Lipinski definition) is 4. The largest absolute Gasteiger partial charge is 0.298 e. The zero-order valence-corrected chi connectivity index (χ0v) is 10.2. The van der Waals surface area contributed by atoms with Crippen molar-refractivity contribution >= 4 is 11.8 Å². The Labute approximate surface area is 99.6 Å². The van der Waals surface area contributed by atoms with Crippen LogP contribution < -0.4 is 5.32 Å². The van der Waals surface area contributed by atoms with Crippen molar-refractivity contribution in [2.24, 2.45) is 7.05 Å². The Hall–Kier alpha value is -1.69. The molecule has 1 aromatic rings. The van der Waals surface area contributed by atoms with Gasteiger partial charge in [0.15, 0.2) is 0 Å². The quantitative estimate of drug-likeness (QED) is 0.708. The standard InChI is InChI=1S/C11H16N4O2/c1-7-4-9(14(3)13-7)6-15-10(16)5-12-8(2)11(15)17/h4,8,12H,5-6H2,1-3H3. The number of amides is 2. The van der Waals surface area contributed by atoms with Gasteiger partial charge in [-0.1, -0.05) is 0 Å². The molecule has 2 amide bonds. The molecule has 6 heteroatoms. The van der Waals surface area contributed by atoms with Crippen molar-refractivity contribution in [2.75, 3.05) is 6.54 Å². The van der Waals surface area contributed by atoms with Gasteiger partial charge in [0.25, 0.3) is 0 Å².